The van der Waals surface area contributed by atoms with Crippen molar-refractivity contribution in [2.45, 2.75) is 39.2 Å². The van der Waals surface area contributed by atoms with Crippen molar-refractivity contribution in [3.8, 4) is 0 Å². The summed E-state index contributed by atoms with van der Waals surface area (Å²) in [6.45, 7) is 7.68. The van der Waals surface area contributed by atoms with E-state index in [0.29, 0.717) is 6.10 Å². The molecule has 1 heterocycles. The highest BCUT2D eigenvalue weighted by Crippen LogP contribution is 2.22. The van der Waals surface area contributed by atoms with Gasteiger partial charge in [0.05, 0.1) is 6.10 Å². The van der Waals surface area contributed by atoms with E-state index < -0.39 is 0 Å². The molecule has 1 aliphatic heterocycles. The first kappa shape index (κ1) is 10.0. The molecule has 12 heavy (non-hydrogen) atoms. The van der Waals surface area contributed by atoms with E-state index in [9.17, 15) is 0 Å². The summed E-state index contributed by atoms with van der Waals surface area (Å²) in [5, 5.41) is 3.46. The van der Waals surface area contributed by atoms with E-state index in [0.717, 1.165) is 25.6 Å². The zero-order valence-electron chi connectivity index (χ0n) is 8.31. The first-order valence-electron chi connectivity index (χ1n) is 5.20. The van der Waals surface area contributed by atoms with Gasteiger partial charge in [-0.15, -0.1) is 0 Å². The van der Waals surface area contributed by atoms with Crippen LogP contribution >= 0.6 is 0 Å². The fourth-order valence-corrected chi connectivity index (χ4v) is 1.84. The largest absolute Gasteiger partial charge is 0.378 e. The molecule has 0 aromatic rings. The van der Waals surface area contributed by atoms with Gasteiger partial charge in [-0.25, -0.2) is 0 Å². The second-order valence-corrected chi connectivity index (χ2v) is 3.57. The van der Waals surface area contributed by atoms with Gasteiger partial charge >= 0.3 is 0 Å². The summed E-state index contributed by atoms with van der Waals surface area (Å²) in [4.78, 5) is 0. The Bertz CT molecular complexity index is 116. The van der Waals surface area contributed by atoms with Crippen LogP contribution in [0.2, 0.25) is 0 Å². The van der Waals surface area contributed by atoms with Crippen LogP contribution in [0.4, 0.5) is 0 Å². The van der Waals surface area contributed by atoms with E-state index >= 15 is 0 Å². The standard InChI is InChI=1S/C10H21NO/c1-3-6-11-8-9-5-7-12-10(9)4-2/h9-11H,3-8H2,1-2H3. The van der Waals surface area contributed by atoms with E-state index in [1.165, 1.54) is 19.3 Å². The number of rotatable bonds is 5. The molecule has 0 aromatic carbocycles. The maximum Gasteiger partial charge on any atom is 0.0613 e. The second kappa shape index (κ2) is 5.55. The van der Waals surface area contributed by atoms with Crippen molar-refractivity contribution in [3.63, 3.8) is 0 Å². The third kappa shape index (κ3) is 2.76. The van der Waals surface area contributed by atoms with Gasteiger partial charge in [-0.3, -0.25) is 0 Å². The van der Waals surface area contributed by atoms with Gasteiger partial charge in [-0.2, -0.15) is 0 Å². The van der Waals surface area contributed by atoms with Gasteiger partial charge < -0.3 is 10.1 Å². The highest BCUT2D eigenvalue weighted by Gasteiger charge is 2.25. The van der Waals surface area contributed by atoms with Gasteiger partial charge in [0, 0.05) is 13.2 Å². The molecule has 2 nitrogen and oxygen atoms in total. The molecule has 0 bridgehead atoms. The summed E-state index contributed by atoms with van der Waals surface area (Å²) in [6.07, 6.45) is 4.16. The average molecular weight is 171 g/mol. The van der Waals surface area contributed by atoms with E-state index in [4.69, 9.17) is 4.74 Å². The molecule has 0 aliphatic carbocycles. The highest BCUT2D eigenvalue weighted by molar-refractivity contribution is 4.76. The van der Waals surface area contributed by atoms with Crippen LogP contribution in [0.25, 0.3) is 0 Å². The Labute approximate surface area is 75.7 Å². The Balaban J connectivity index is 2.12. The molecule has 0 spiro atoms. The Kier molecular flexibility index (Phi) is 4.62. The van der Waals surface area contributed by atoms with E-state index in [-0.39, 0.29) is 0 Å². The van der Waals surface area contributed by atoms with Crippen LogP contribution in [0.3, 0.4) is 0 Å². The van der Waals surface area contributed by atoms with E-state index in [2.05, 4.69) is 19.2 Å². The molecule has 0 amide bonds. The van der Waals surface area contributed by atoms with Gasteiger partial charge in [0.25, 0.3) is 0 Å². The molecule has 1 fully saturated rings. The molecule has 1 N–H and O–H groups in total. The summed E-state index contributed by atoms with van der Waals surface area (Å²) >= 11 is 0. The van der Waals surface area contributed by atoms with Crippen molar-refractivity contribution < 1.29 is 4.74 Å². The van der Waals surface area contributed by atoms with Crippen LogP contribution in [0.1, 0.15) is 33.1 Å². The molecule has 0 aromatic heterocycles. The van der Waals surface area contributed by atoms with Crippen LogP contribution in [-0.4, -0.2) is 25.8 Å². The summed E-state index contributed by atoms with van der Waals surface area (Å²) < 4.78 is 5.61. The maximum atomic E-state index is 5.61. The van der Waals surface area contributed by atoms with Gasteiger partial charge in [-0.05, 0) is 31.7 Å². The Morgan fingerprint density at radius 3 is 2.92 bits per heavy atom. The smallest absolute Gasteiger partial charge is 0.0613 e. The lowest BCUT2D eigenvalue weighted by Gasteiger charge is -2.16. The van der Waals surface area contributed by atoms with Crippen molar-refractivity contribution in [1.29, 1.82) is 0 Å². The molecule has 1 saturated heterocycles. The van der Waals surface area contributed by atoms with Crippen LogP contribution in [0.15, 0.2) is 0 Å². The van der Waals surface area contributed by atoms with Crippen molar-refractivity contribution in [2.24, 2.45) is 5.92 Å². The first-order valence-corrected chi connectivity index (χ1v) is 5.20. The maximum absolute atomic E-state index is 5.61. The van der Waals surface area contributed by atoms with Crippen LogP contribution < -0.4 is 5.32 Å². The predicted octanol–water partition coefficient (Wildman–Crippen LogP) is 1.80. The van der Waals surface area contributed by atoms with E-state index in [1.54, 1.807) is 0 Å². The summed E-state index contributed by atoms with van der Waals surface area (Å²) in [5.41, 5.74) is 0. The molecule has 2 heteroatoms. The molecule has 0 radical (unpaired) electrons. The van der Waals surface area contributed by atoms with Gasteiger partial charge in [0.1, 0.15) is 0 Å². The number of ether oxygens (including phenoxy) is 1. The predicted molar refractivity (Wildman–Crippen MR) is 51.3 cm³/mol. The van der Waals surface area contributed by atoms with Crippen molar-refractivity contribution in [3.05, 3.63) is 0 Å². The molecular formula is C10H21NO. The van der Waals surface area contributed by atoms with Crippen LogP contribution in [-0.2, 0) is 4.74 Å². The monoisotopic (exact) mass is 171 g/mol. The van der Waals surface area contributed by atoms with Crippen molar-refractivity contribution >= 4 is 0 Å². The SMILES string of the molecule is CCCNCC1CCOC1CC. The minimum absolute atomic E-state index is 0.523. The number of nitrogens with one attached hydrogen (secondary N) is 1. The third-order valence-electron chi connectivity index (χ3n) is 2.58. The minimum atomic E-state index is 0.523. The molecule has 2 atom stereocenters. The van der Waals surface area contributed by atoms with Gasteiger partial charge in [0.2, 0.25) is 0 Å². The highest BCUT2D eigenvalue weighted by atomic mass is 16.5. The second-order valence-electron chi connectivity index (χ2n) is 3.57. The van der Waals surface area contributed by atoms with Crippen molar-refractivity contribution in [1.82, 2.24) is 5.32 Å². The average Bonchev–Trinajstić information content (AvgIpc) is 2.52. The summed E-state index contributed by atoms with van der Waals surface area (Å²) in [5.74, 6) is 0.765. The van der Waals surface area contributed by atoms with Gasteiger partial charge in [-0.1, -0.05) is 13.8 Å². The Morgan fingerprint density at radius 2 is 2.25 bits per heavy atom. The number of hydrogen-bond acceptors (Lipinski definition) is 2. The van der Waals surface area contributed by atoms with Gasteiger partial charge in [0.15, 0.2) is 0 Å². The quantitative estimate of drug-likeness (QED) is 0.637. The molecular weight excluding hydrogens is 150 g/mol. The van der Waals surface area contributed by atoms with Crippen LogP contribution in [0.5, 0.6) is 0 Å². The lowest BCUT2D eigenvalue weighted by Crippen LogP contribution is -2.28. The van der Waals surface area contributed by atoms with E-state index in [1.807, 2.05) is 0 Å². The number of hydrogen-bond donors (Lipinski definition) is 1. The fourth-order valence-electron chi connectivity index (χ4n) is 1.84. The summed E-state index contributed by atoms with van der Waals surface area (Å²) in [6, 6.07) is 0. The zero-order valence-corrected chi connectivity index (χ0v) is 8.31. The lowest BCUT2D eigenvalue weighted by atomic mass is 10.00. The molecule has 72 valence electrons. The topological polar surface area (TPSA) is 21.3 Å². The Hall–Kier alpha value is -0.0800. The molecule has 2 unspecified atom stereocenters. The lowest BCUT2D eigenvalue weighted by molar-refractivity contribution is 0.0873. The molecule has 0 saturated carbocycles. The summed E-state index contributed by atoms with van der Waals surface area (Å²) in [7, 11) is 0. The first-order chi connectivity index (χ1) is 5.88. The third-order valence-corrected chi connectivity index (χ3v) is 2.58. The van der Waals surface area contributed by atoms with Crippen LogP contribution in [0, 0.1) is 5.92 Å². The molecule has 1 rings (SSSR count). The van der Waals surface area contributed by atoms with Crippen molar-refractivity contribution in [2.75, 3.05) is 19.7 Å². The Morgan fingerprint density at radius 1 is 1.42 bits per heavy atom. The minimum Gasteiger partial charge on any atom is -0.378 e. The molecule has 1 aliphatic rings. The zero-order chi connectivity index (χ0) is 8.81. The fraction of sp³-hybridized carbons (Fsp3) is 1.00. The normalized spacial score (nSPS) is 29.5.